The van der Waals surface area contributed by atoms with Crippen molar-refractivity contribution >= 4 is 23.0 Å². The van der Waals surface area contributed by atoms with E-state index in [9.17, 15) is 5.11 Å². The topological polar surface area (TPSA) is 111 Å². The van der Waals surface area contributed by atoms with Crippen LogP contribution in [-0.4, -0.2) is 42.6 Å². The van der Waals surface area contributed by atoms with Crippen LogP contribution in [0, 0.1) is 13.5 Å². The Labute approximate surface area is 169 Å². The summed E-state index contributed by atoms with van der Waals surface area (Å²) in [5.74, 6) is 0.788. The molecule has 0 unspecified atom stereocenters. The molecule has 0 aromatic carbocycles. The van der Waals surface area contributed by atoms with Crippen LogP contribution in [0.3, 0.4) is 0 Å². The molecule has 1 aliphatic rings. The minimum absolute atomic E-state index is 0.120. The number of nitrogens with one attached hydrogen (secondary N) is 1. The Kier molecular flexibility index (Phi) is 4.88. The van der Waals surface area contributed by atoms with Crippen LogP contribution in [0.15, 0.2) is 12.3 Å². The molecule has 3 heterocycles. The minimum Gasteiger partial charge on any atom is -0.394 e. The highest BCUT2D eigenvalue weighted by atomic mass is 16.3. The number of nitrogen functional groups attached to an aromatic ring is 1. The van der Waals surface area contributed by atoms with Gasteiger partial charge >= 0.3 is 0 Å². The van der Waals surface area contributed by atoms with E-state index in [0.29, 0.717) is 30.2 Å². The maximum absolute atomic E-state index is 9.55. The number of aromatic nitrogens is 5. The van der Waals surface area contributed by atoms with Gasteiger partial charge in [-0.25, -0.2) is 14.3 Å². The first-order valence-electron chi connectivity index (χ1n) is 9.98. The van der Waals surface area contributed by atoms with Gasteiger partial charge < -0.3 is 16.2 Å². The van der Waals surface area contributed by atoms with Gasteiger partial charge in [-0.3, -0.25) is 4.68 Å². The Morgan fingerprint density at radius 1 is 1.34 bits per heavy atom. The summed E-state index contributed by atoms with van der Waals surface area (Å²) in [4.78, 5) is 8.26. The standard InChI is InChI=1S/C20H26N8O/c1-4-5-15-13(2)25-28-17(21)16(22-3)18(24-19(15)28)23-10-6-14-7-11-27(26-14)20(12-29)8-9-20/h7,11,29H,4-6,8-10,12,21H2,1-2H3,(H,23,24). The SMILES string of the molecule is [C-]#[N+]c1c(NCCc2ccn(C3(CO)CC3)n2)nc2c(CCC)c(C)nn2c1N. The molecule has 1 fully saturated rings. The number of hydrogen-bond donors (Lipinski definition) is 3. The monoisotopic (exact) mass is 394 g/mol. The summed E-state index contributed by atoms with van der Waals surface area (Å²) in [6.07, 6.45) is 6.38. The third-order valence-electron chi connectivity index (χ3n) is 5.61. The summed E-state index contributed by atoms with van der Waals surface area (Å²) in [6.45, 7) is 12.3. The molecule has 0 bridgehead atoms. The third kappa shape index (κ3) is 3.29. The van der Waals surface area contributed by atoms with Gasteiger partial charge in [-0.15, -0.1) is 0 Å². The fourth-order valence-electron chi connectivity index (χ4n) is 3.66. The summed E-state index contributed by atoms with van der Waals surface area (Å²) in [7, 11) is 0. The predicted molar refractivity (Wildman–Crippen MR) is 111 cm³/mol. The van der Waals surface area contributed by atoms with Crippen molar-refractivity contribution in [3.63, 3.8) is 0 Å². The molecule has 1 aliphatic carbocycles. The molecular formula is C20H26N8O. The molecule has 4 rings (SSSR count). The van der Waals surface area contributed by atoms with Gasteiger partial charge in [0.2, 0.25) is 0 Å². The molecule has 1 saturated carbocycles. The molecule has 0 saturated heterocycles. The zero-order valence-electron chi connectivity index (χ0n) is 16.8. The van der Waals surface area contributed by atoms with E-state index < -0.39 is 0 Å². The largest absolute Gasteiger partial charge is 0.394 e. The van der Waals surface area contributed by atoms with Crippen molar-refractivity contribution in [3.8, 4) is 0 Å². The number of nitrogens with zero attached hydrogens (tertiary/aromatic N) is 6. The van der Waals surface area contributed by atoms with Gasteiger partial charge in [0.1, 0.15) is 11.6 Å². The van der Waals surface area contributed by atoms with Crippen molar-refractivity contribution < 1.29 is 5.11 Å². The van der Waals surface area contributed by atoms with Crippen molar-refractivity contribution in [3.05, 3.63) is 40.6 Å². The fourth-order valence-corrected chi connectivity index (χ4v) is 3.66. The second-order valence-electron chi connectivity index (χ2n) is 7.67. The van der Waals surface area contributed by atoms with Crippen molar-refractivity contribution in [2.45, 2.75) is 51.5 Å². The maximum Gasteiger partial charge on any atom is 0.268 e. The van der Waals surface area contributed by atoms with Crippen molar-refractivity contribution in [1.29, 1.82) is 0 Å². The summed E-state index contributed by atoms with van der Waals surface area (Å²) in [6, 6.07) is 1.97. The molecule has 3 aromatic heterocycles. The molecule has 0 aliphatic heterocycles. The molecule has 0 amide bonds. The van der Waals surface area contributed by atoms with Gasteiger partial charge in [0.05, 0.1) is 30.1 Å². The van der Waals surface area contributed by atoms with Crippen LogP contribution in [0.25, 0.3) is 10.5 Å². The first kappa shape index (κ1) is 19.2. The lowest BCUT2D eigenvalue weighted by atomic mass is 10.1. The lowest BCUT2D eigenvalue weighted by Crippen LogP contribution is -2.22. The molecule has 9 heteroatoms. The average molecular weight is 394 g/mol. The number of fused-ring (bicyclic) bond motifs is 1. The quantitative estimate of drug-likeness (QED) is 0.506. The molecule has 29 heavy (non-hydrogen) atoms. The molecular weight excluding hydrogens is 368 g/mol. The maximum atomic E-state index is 9.55. The Bertz CT molecular complexity index is 1090. The third-order valence-corrected chi connectivity index (χ3v) is 5.61. The summed E-state index contributed by atoms with van der Waals surface area (Å²) < 4.78 is 3.45. The van der Waals surface area contributed by atoms with Crippen LogP contribution in [0.2, 0.25) is 0 Å². The number of rotatable bonds is 8. The van der Waals surface area contributed by atoms with Gasteiger partial charge in [0.15, 0.2) is 5.65 Å². The normalized spacial score (nSPS) is 14.8. The van der Waals surface area contributed by atoms with Crippen molar-refractivity contribution in [1.82, 2.24) is 24.4 Å². The zero-order valence-corrected chi connectivity index (χ0v) is 16.8. The van der Waals surface area contributed by atoms with E-state index in [1.54, 1.807) is 4.52 Å². The van der Waals surface area contributed by atoms with Crippen LogP contribution in [0.5, 0.6) is 0 Å². The molecule has 0 spiro atoms. The molecule has 0 atom stereocenters. The van der Waals surface area contributed by atoms with Gasteiger partial charge in [0.25, 0.3) is 5.69 Å². The van der Waals surface area contributed by atoms with E-state index >= 15 is 0 Å². The lowest BCUT2D eigenvalue weighted by molar-refractivity contribution is 0.202. The predicted octanol–water partition coefficient (Wildman–Crippen LogP) is 2.46. The van der Waals surface area contributed by atoms with Crippen molar-refractivity contribution in [2.24, 2.45) is 0 Å². The van der Waals surface area contributed by atoms with Crippen LogP contribution in [0.4, 0.5) is 17.3 Å². The van der Waals surface area contributed by atoms with E-state index in [0.717, 1.165) is 42.6 Å². The number of hydrogen-bond acceptors (Lipinski definition) is 6. The number of aryl methyl sites for hydroxylation is 2. The number of nitrogens with two attached hydrogens (primary N) is 1. The first-order valence-corrected chi connectivity index (χ1v) is 9.98. The smallest absolute Gasteiger partial charge is 0.268 e. The Morgan fingerprint density at radius 3 is 2.79 bits per heavy atom. The first-order chi connectivity index (χ1) is 14.0. The second kappa shape index (κ2) is 7.37. The highest BCUT2D eigenvalue weighted by molar-refractivity contribution is 5.80. The van der Waals surface area contributed by atoms with Crippen LogP contribution in [0.1, 0.15) is 43.1 Å². The van der Waals surface area contributed by atoms with Gasteiger partial charge in [-0.05, 0) is 32.3 Å². The van der Waals surface area contributed by atoms with E-state index in [4.69, 9.17) is 12.3 Å². The molecule has 4 N–H and O–H groups in total. The molecule has 9 nitrogen and oxygen atoms in total. The van der Waals surface area contributed by atoms with Crippen LogP contribution < -0.4 is 11.1 Å². The highest BCUT2D eigenvalue weighted by Gasteiger charge is 2.44. The number of aliphatic hydroxyl groups is 1. The molecule has 0 radical (unpaired) electrons. The molecule has 3 aromatic rings. The second-order valence-corrected chi connectivity index (χ2v) is 7.67. The molecule has 152 valence electrons. The van der Waals surface area contributed by atoms with Gasteiger partial charge in [0, 0.05) is 24.7 Å². The summed E-state index contributed by atoms with van der Waals surface area (Å²) >= 11 is 0. The summed E-state index contributed by atoms with van der Waals surface area (Å²) in [5.41, 5.74) is 9.92. The summed E-state index contributed by atoms with van der Waals surface area (Å²) in [5, 5.41) is 21.9. The lowest BCUT2D eigenvalue weighted by Gasteiger charge is -2.12. The Hall–Kier alpha value is -3.12. The number of aliphatic hydroxyl groups excluding tert-OH is 1. The van der Waals surface area contributed by atoms with Gasteiger partial charge in [-0.1, -0.05) is 13.3 Å². The van der Waals surface area contributed by atoms with Crippen molar-refractivity contribution in [2.75, 3.05) is 24.2 Å². The van der Waals surface area contributed by atoms with Gasteiger partial charge in [-0.2, -0.15) is 10.2 Å². The van der Waals surface area contributed by atoms with E-state index in [-0.39, 0.29) is 17.8 Å². The minimum atomic E-state index is -0.195. The number of anilines is 2. The van der Waals surface area contributed by atoms with E-state index in [1.165, 1.54) is 0 Å². The zero-order chi connectivity index (χ0) is 20.6. The van der Waals surface area contributed by atoms with Crippen LogP contribution in [-0.2, 0) is 18.4 Å². The average Bonchev–Trinajstić information content (AvgIpc) is 3.27. The van der Waals surface area contributed by atoms with E-state index in [2.05, 4.69) is 32.3 Å². The Morgan fingerprint density at radius 2 is 2.14 bits per heavy atom. The highest BCUT2D eigenvalue weighted by Crippen LogP contribution is 2.42. The van der Waals surface area contributed by atoms with E-state index in [1.807, 2.05) is 23.9 Å². The van der Waals surface area contributed by atoms with Crippen LogP contribution >= 0.6 is 0 Å². The fraction of sp³-hybridized carbons (Fsp3) is 0.500. The Balaban J connectivity index is 1.54.